The summed E-state index contributed by atoms with van der Waals surface area (Å²) in [5, 5.41) is 0.948. The lowest BCUT2D eigenvalue weighted by Crippen LogP contribution is -2.09. The molecule has 1 aromatic heterocycles. The summed E-state index contributed by atoms with van der Waals surface area (Å²) in [5.74, 6) is -0.466. The molecule has 0 fully saturated rings. The van der Waals surface area contributed by atoms with Crippen molar-refractivity contribution >= 4 is 16.7 Å². The first-order valence-corrected chi connectivity index (χ1v) is 5.41. The Labute approximate surface area is 97.8 Å². The Morgan fingerprint density at radius 2 is 2.00 bits per heavy atom. The topological polar surface area (TPSA) is 56.5 Å². The monoisotopic (exact) mass is 232 g/mol. The van der Waals surface area contributed by atoms with Crippen LogP contribution in [0, 0.1) is 0 Å². The van der Waals surface area contributed by atoms with Crippen LogP contribution in [-0.4, -0.2) is 12.6 Å². The van der Waals surface area contributed by atoms with Crippen LogP contribution < -0.4 is 5.63 Å². The van der Waals surface area contributed by atoms with Crippen LogP contribution in [0.2, 0.25) is 0 Å². The Balaban J connectivity index is 2.52. The van der Waals surface area contributed by atoms with E-state index < -0.39 is 11.6 Å². The molecule has 2 rings (SSSR count). The highest BCUT2D eigenvalue weighted by Gasteiger charge is 2.13. The van der Waals surface area contributed by atoms with Crippen molar-refractivity contribution in [2.75, 3.05) is 6.61 Å². The zero-order valence-corrected chi connectivity index (χ0v) is 9.43. The molecule has 4 heteroatoms. The number of ether oxygens (including phenoxy) is 1. The molecule has 0 radical (unpaired) electrons. The first-order chi connectivity index (χ1) is 8.24. The fraction of sp³-hybridized carbons (Fsp3) is 0.231. The van der Waals surface area contributed by atoms with Crippen LogP contribution in [0.15, 0.2) is 39.7 Å². The van der Waals surface area contributed by atoms with E-state index in [2.05, 4.69) is 0 Å². The van der Waals surface area contributed by atoms with Gasteiger partial charge in [0, 0.05) is 5.39 Å². The highest BCUT2D eigenvalue weighted by atomic mass is 16.5. The van der Waals surface area contributed by atoms with Crippen molar-refractivity contribution in [1.29, 1.82) is 0 Å². The summed E-state index contributed by atoms with van der Waals surface area (Å²) in [6.07, 6.45) is 1.91. The number of rotatable bonds is 3. The highest BCUT2D eigenvalue weighted by molar-refractivity contribution is 6.03. The van der Waals surface area contributed by atoms with E-state index in [4.69, 9.17) is 9.15 Å². The average molecular weight is 232 g/mol. The second kappa shape index (κ2) is 4.82. The van der Waals surface area contributed by atoms with Gasteiger partial charge in [0.25, 0.3) is 0 Å². The van der Waals surface area contributed by atoms with Crippen LogP contribution in [0.3, 0.4) is 0 Å². The Kier molecular flexibility index (Phi) is 3.23. The number of carbonyl (C=O) groups excluding carboxylic acids is 1. The van der Waals surface area contributed by atoms with Crippen LogP contribution in [0.4, 0.5) is 0 Å². The van der Waals surface area contributed by atoms with E-state index >= 15 is 0 Å². The van der Waals surface area contributed by atoms with E-state index in [-0.39, 0.29) is 5.56 Å². The average Bonchev–Trinajstić information content (AvgIpc) is 2.37. The Morgan fingerprint density at radius 1 is 1.29 bits per heavy atom. The van der Waals surface area contributed by atoms with Crippen LogP contribution in [-0.2, 0) is 4.74 Å². The van der Waals surface area contributed by atoms with Gasteiger partial charge in [-0.25, -0.2) is 9.59 Å². The van der Waals surface area contributed by atoms with Crippen LogP contribution >= 0.6 is 0 Å². The van der Waals surface area contributed by atoms with Gasteiger partial charge in [-0.15, -0.1) is 0 Å². The SMILES string of the molecule is CCCOC(=O)c1coc(=O)c2ccccc12. The third-order valence-electron chi connectivity index (χ3n) is 2.38. The van der Waals surface area contributed by atoms with E-state index in [9.17, 15) is 9.59 Å². The van der Waals surface area contributed by atoms with Crippen LogP contribution in [0.5, 0.6) is 0 Å². The lowest BCUT2D eigenvalue weighted by molar-refractivity contribution is 0.0504. The van der Waals surface area contributed by atoms with Crippen molar-refractivity contribution in [3.8, 4) is 0 Å². The number of hydrogen-bond donors (Lipinski definition) is 0. The molecule has 0 atom stereocenters. The normalized spacial score (nSPS) is 10.4. The number of esters is 1. The minimum atomic E-state index is -0.466. The summed E-state index contributed by atoms with van der Waals surface area (Å²) in [4.78, 5) is 23.2. The second-order valence-corrected chi connectivity index (χ2v) is 3.62. The third-order valence-corrected chi connectivity index (χ3v) is 2.38. The first kappa shape index (κ1) is 11.4. The number of hydrogen-bond acceptors (Lipinski definition) is 4. The molecule has 1 heterocycles. The largest absolute Gasteiger partial charge is 0.462 e. The van der Waals surface area contributed by atoms with Gasteiger partial charge in [0.2, 0.25) is 0 Å². The predicted molar refractivity (Wildman–Crippen MR) is 63.1 cm³/mol. The number of benzene rings is 1. The standard InChI is InChI=1S/C13H12O4/c1-2-7-16-13(15)11-8-17-12(14)10-6-4-3-5-9(10)11/h3-6,8H,2,7H2,1H3. The lowest BCUT2D eigenvalue weighted by Gasteiger charge is -2.04. The summed E-state index contributed by atoms with van der Waals surface area (Å²) in [6.45, 7) is 2.27. The molecular formula is C13H12O4. The first-order valence-electron chi connectivity index (χ1n) is 5.41. The molecule has 0 saturated heterocycles. The quantitative estimate of drug-likeness (QED) is 0.762. The Bertz CT molecular complexity index is 598. The van der Waals surface area contributed by atoms with Gasteiger partial charge >= 0.3 is 11.6 Å². The lowest BCUT2D eigenvalue weighted by atomic mass is 10.1. The van der Waals surface area contributed by atoms with E-state index in [1.165, 1.54) is 0 Å². The van der Waals surface area contributed by atoms with E-state index in [0.717, 1.165) is 12.7 Å². The van der Waals surface area contributed by atoms with Gasteiger partial charge in [0.15, 0.2) is 0 Å². The van der Waals surface area contributed by atoms with E-state index in [0.29, 0.717) is 17.4 Å². The van der Waals surface area contributed by atoms with Gasteiger partial charge in [-0.2, -0.15) is 0 Å². The molecule has 0 amide bonds. The molecule has 17 heavy (non-hydrogen) atoms. The molecule has 0 bridgehead atoms. The molecule has 0 spiro atoms. The minimum absolute atomic E-state index is 0.286. The van der Waals surface area contributed by atoms with Crippen LogP contribution in [0.1, 0.15) is 23.7 Å². The minimum Gasteiger partial charge on any atom is -0.462 e. The fourth-order valence-electron chi connectivity index (χ4n) is 1.57. The molecule has 0 N–H and O–H groups in total. The van der Waals surface area contributed by atoms with Crippen molar-refractivity contribution in [3.05, 3.63) is 46.5 Å². The Hall–Kier alpha value is -2.10. The Morgan fingerprint density at radius 3 is 2.71 bits per heavy atom. The summed E-state index contributed by atoms with van der Waals surface area (Å²) in [5.41, 5.74) is -0.165. The third kappa shape index (κ3) is 2.20. The van der Waals surface area contributed by atoms with Crippen molar-refractivity contribution in [1.82, 2.24) is 0 Å². The van der Waals surface area contributed by atoms with Gasteiger partial charge in [-0.1, -0.05) is 25.1 Å². The van der Waals surface area contributed by atoms with Gasteiger partial charge in [-0.3, -0.25) is 0 Å². The van der Waals surface area contributed by atoms with Crippen molar-refractivity contribution < 1.29 is 13.9 Å². The van der Waals surface area contributed by atoms with Crippen LogP contribution in [0.25, 0.3) is 10.8 Å². The van der Waals surface area contributed by atoms with Crippen molar-refractivity contribution in [2.24, 2.45) is 0 Å². The van der Waals surface area contributed by atoms with Gasteiger partial charge in [-0.05, 0) is 12.5 Å². The summed E-state index contributed by atoms with van der Waals surface area (Å²) >= 11 is 0. The highest BCUT2D eigenvalue weighted by Crippen LogP contribution is 2.16. The molecule has 0 saturated carbocycles. The molecule has 0 aliphatic heterocycles. The number of carbonyl (C=O) groups is 1. The predicted octanol–water partition coefficient (Wildman–Crippen LogP) is 2.36. The van der Waals surface area contributed by atoms with Gasteiger partial charge < -0.3 is 9.15 Å². The molecular weight excluding hydrogens is 220 g/mol. The smallest absolute Gasteiger partial charge is 0.343 e. The summed E-state index contributed by atoms with van der Waals surface area (Å²) < 4.78 is 9.84. The van der Waals surface area contributed by atoms with Gasteiger partial charge in [0.1, 0.15) is 11.8 Å². The molecule has 2 aromatic rings. The summed E-state index contributed by atoms with van der Waals surface area (Å²) in [7, 11) is 0. The van der Waals surface area contributed by atoms with Crippen molar-refractivity contribution in [2.45, 2.75) is 13.3 Å². The summed E-state index contributed by atoms with van der Waals surface area (Å²) in [6, 6.07) is 6.81. The molecule has 0 aliphatic carbocycles. The fourth-order valence-corrected chi connectivity index (χ4v) is 1.57. The zero-order valence-electron chi connectivity index (χ0n) is 9.43. The number of fused-ring (bicyclic) bond motifs is 1. The van der Waals surface area contributed by atoms with Gasteiger partial charge in [0.05, 0.1) is 12.0 Å². The van der Waals surface area contributed by atoms with Crippen molar-refractivity contribution in [3.63, 3.8) is 0 Å². The van der Waals surface area contributed by atoms with E-state index in [1.807, 2.05) is 6.92 Å². The second-order valence-electron chi connectivity index (χ2n) is 3.62. The molecule has 0 unspecified atom stereocenters. The van der Waals surface area contributed by atoms with E-state index in [1.54, 1.807) is 24.3 Å². The molecule has 0 aliphatic rings. The maximum Gasteiger partial charge on any atom is 0.343 e. The molecule has 4 nitrogen and oxygen atoms in total. The molecule has 1 aromatic carbocycles. The molecule has 88 valence electrons. The zero-order chi connectivity index (χ0) is 12.3. The maximum absolute atomic E-state index is 11.7. The maximum atomic E-state index is 11.7.